The van der Waals surface area contributed by atoms with E-state index in [1.165, 1.54) is 12.1 Å². The standard InChI is InChI=1S/C6H15BO3.C6H6O2.Li.H/c1-5(2)9-7(8)10-6(3)4;7-5-3-1-2-4-6(5)8;;/h5-6,8H,1-4H3;1-4,7-8H;;. The van der Waals surface area contributed by atoms with Crippen molar-refractivity contribution >= 4 is 26.2 Å². The first-order valence-electron chi connectivity index (χ1n) is 5.78. The van der Waals surface area contributed by atoms with Crippen LogP contribution >= 0.6 is 0 Å². The summed E-state index contributed by atoms with van der Waals surface area (Å²) in [4.78, 5) is 0. The number of benzene rings is 1. The summed E-state index contributed by atoms with van der Waals surface area (Å²) < 4.78 is 9.79. The summed E-state index contributed by atoms with van der Waals surface area (Å²) in [5.41, 5.74) is 0. The molecule has 0 saturated heterocycles. The van der Waals surface area contributed by atoms with E-state index in [-0.39, 0.29) is 42.6 Å². The molecule has 0 aliphatic heterocycles. The zero-order valence-electron chi connectivity index (χ0n) is 11.2. The van der Waals surface area contributed by atoms with Gasteiger partial charge in [0.05, 0.1) is 0 Å². The maximum absolute atomic E-state index is 8.95. The van der Waals surface area contributed by atoms with Crippen molar-refractivity contribution in [3.63, 3.8) is 0 Å². The predicted molar refractivity (Wildman–Crippen MR) is 77.3 cm³/mol. The Morgan fingerprint density at radius 1 is 0.895 bits per heavy atom. The summed E-state index contributed by atoms with van der Waals surface area (Å²) in [5.74, 6) is -0.153. The third kappa shape index (κ3) is 12.2. The molecule has 0 amide bonds. The fourth-order valence-electron chi connectivity index (χ4n) is 0.962. The first-order valence-corrected chi connectivity index (χ1v) is 5.78. The zero-order chi connectivity index (χ0) is 14.1. The van der Waals surface area contributed by atoms with Crippen LogP contribution in [0.15, 0.2) is 24.3 Å². The van der Waals surface area contributed by atoms with Crippen molar-refractivity contribution in [2.75, 3.05) is 0 Å². The normalized spacial score (nSPS) is 9.63. The molecule has 0 radical (unpaired) electrons. The van der Waals surface area contributed by atoms with Gasteiger partial charge in [-0.25, -0.2) is 0 Å². The van der Waals surface area contributed by atoms with Crippen LogP contribution in [0.5, 0.6) is 11.5 Å². The van der Waals surface area contributed by atoms with Crippen LogP contribution in [0, 0.1) is 0 Å². The molecule has 7 heteroatoms. The molecule has 0 aliphatic carbocycles. The van der Waals surface area contributed by atoms with E-state index in [9.17, 15) is 0 Å². The minimum atomic E-state index is -1.08. The Morgan fingerprint density at radius 2 is 1.21 bits per heavy atom. The van der Waals surface area contributed by atoms with Gasteiger partial charge in [-0.1, -0.05) is 12.1 Å². The van der Waals surface area contributed by atoms with E-state index in [2.05, 4.69) is 0 Å². The molecular formula is C12H22BLiO5. The van der Waals surface area contributed by atoms with Gasteiger partial charge in [-0.2, -0.15) is 0 Å². The Kier molecular flexibility index (Phi) is 12.2. The molecule has 0 bridgehead atoms. The molecule has 0 saturated carbocycles. The summed E-state index contributed by atoms with van der Waals surface area (Å²) in [6.45, 7) is 7.36. The summed E-state index contributed by atoms with van der Waals surface area (Å²) in [6, 6.07) is 6.15. The van der Waals surface area contributed by atoms with Crippen molar-refractivity contribution in [3.8, 4) is 11.5 Å². The predicted octanol–water partition coefficient (Wildman–Crippen LogP) is 1.26. The number of aromatic hydroxyl groups is 2. The Labute approximate surface area is 126 Å². The van der Waals surface area contributed by atoms with Crippen LogP contribution in [0.2, 0.25) is 0 Å². The van der Waals surface area contributed by atoms with E-state index in [1.807, 2.05) is 27.7 Å². The first-order chi connectivity index (χ1) is 8.32. The molecule has 5 nitrogen and oxygen atoms in total. The fourth-order valence-corrected chi connectivity index (χ4v) is 0.962. The van der Waals surface area contributed by atoms with E-state index < -0.39 is 7.32 Å². The number of rotatable bonds is 4. The quantitative estimate of drug-likeness (QED) is 0.563. The molecule has 0 fully saturated rings. The summed E-state index contributed by atoms with van der Waals surface area (Å²) >= 11 is 0. The van der Waals surface area contributed by atoms with Crippen LogP contribution in [-0.2, 0) is 9.31 Å². The van der Waals surface area contributed by atoms with Gasteiger partial charge in [0.2, 0.25) is 0 Å². The Morgan fingerprint density at radius 3 is 1.42 bits per heavy atom. The van der Waals surface area contributed by atoms with Gasteiger partial charge in [-0.3, -0.25) is 0 Å². The number of hydrogen-bond acceptors (Lipinski definition) is 5. The molecule has 0 unspecified atom stereocenters. The van der Waals surface area contributed by atoms with Gasteiger partial charge < -0.3 is 24.5 Å². The van der Waals surface area contributed by atoms with Gasteiger partial charge >= 0.3 is 26.2 Å². The molecule has 0 spiro atoms. The monoisotopic (exact) mass is 264 g/mol. The van der Waals surface area contributed by atoms with Gasteiger partial charge in [0.15, 0.2) is 11.5 Å². The van der Waals surface area contributed by atoms with E-state index in [0.717, 1.165) is 0 Å². The molecule has 0 aromatic heterocycles. The first kappa shape index (κ1) is 20.7. The van der Waals surface area contributed by atoms with Crippen LogP contribution < -0.4 is 0 Å². The van der Waals surface area contributed by atoms with Crippen LogP contribution in [0.25, 0.3) is 0 Å². The molecule has 0 heterocycles. The molecule has 19 heavy (non-hydrogen) atoms. The maximum atomic E-state index is 8.95. The molecule has 0 aliphatic rings. The topological polar surface area (TPSA) is 79.2 Å². The average Bonchev–Trinajstić information content (AvgIpc) is 2.21. The molecule has 3 N–H and O–H groups in total. The second-order valence-corrected chi connectivity index (χ2v) is 4.17. The third-order valence-electron chi connectivity index (χ3n) is 1.66. The van der Waals surface area contributed by atoms with Crippen molar-refractivity contribution in [2.24, 2.45) is 0 Å². The van der Waals surface area contributed by atoms with Gasteiger partial charge in [-0.05, 0) is 39.8 Å². The van der Waals surface area contributed by atoms with E-state index in [0.29, 0.717) is 0 Å². The van der Waals surface area contributed by atoms with Gasteiger partial charge in [0.1, 0.15) is 0 Å². The average molecular weight is 264 g/mol. The summed E-state index contributed by atoms with van der Waals surface area (Å²) in [6.07, 6.45) is -0.0116. The molecule has 104 valence electrons. The van der Waals surface area contributed by atoms with E-state index in [4.69, 9.17) is 24.5 Å². The second kappa shape index (κ2) is 11.2. The SMILES string of the molecule is CC(C)OB(O)OC(C)C.Oc1ccccc1O.[LiH]. The second-order valence-electron chi connectivity index (χ2n) is 4.17. The van der Waals surface area contributed by atoms with Gasteiger partial charge in [-0.15, -0.1) is 0 Å². The van der Waals surface area contributed by atoms with E-state index in [1.54, 1.807) is 12.1 Å². The van der Waals surface area contributed by atoms with Gasteiger partial charge in [0, 0.05) is 12.2 Å². The Hall–Kier alpha value is -0.638. The Bertz CT molecular complexity index is 305. The van der Waals surface area contributed by atoms with Crippen molar-refractivity contribution < 1.29 is 24.5 Å². The van der Waals surface area contributed by atoms with Crippen molar-refractivity contribution in [1.29, 1.82) is 0 Å². The third-order valence-corrected chi connectivity index (χ3v) is 1.66. The molecule has 1 rings (SSSR count). The number of para-hydroxylation sites is 2. The number of hydrogen-bond donors (Lipinski definition) is 3. The summed E-state index contributed by atoms with van der Waals surface area (Å²) in [5, 5.41) is 26.3. The Balaban J connectivity index is 0. The van der Waals surface area contributed by atoms with Crippen LogP contribution in [-0.4, -0.2) is 53.6 Å². The minimum absolute atomic E-state index is 0. The summed E-state index contributed by atoms with van der Waals surface area (Å²) in [7, 11) is -1.08. The molecule has 0 atom stereocenters. The number of phenols is 2. The molecule has 1 aromatic rings. The van der Waals surface area contributed by atoms with Crippen LogP contribution in [0.1, 0.15) is 27.7 Å². The number of phenolic OH excluding ortho intramolecular Hbond substituents is 2. The van der Waals surface area contributed by atoms with Crippen LogP contribution in [0.3, 0.4) is 0 Å². The van der Waals surface area contributed by atoms with E-state index >= 15 is 0 Å². The molecule has 1 aromatic carbocycles. The van der Waals surface area contributed by atoms with Crippen molar-refractivity contribution in [1.82, 2.24) is 0 Å². The van der Waals surface area contributed by atoms with Crippen molar-refractivity contribution in [3.05, 3.63) is 24.3 Å². The fraction of sp³-hybridized carbons (Fsp3) is 0.500. The van der Waals surface area contributed by atoms with Crippen LogP contribution in [0.4, 0.5) is 0 Å². The zero-order valence-corrected chi connectivity index (χ0v) is 11.2. The van der Waals surface area contributed by atoms with Gasteiger partial charge in [0.25, 0.3) is 0 Å². The molecular weight excluding hydrogens is 242 g/mol. The van der Waals surface area contributed by atoms with Crippen molar-refractivity contribution in [2.45, 2.75) is 39.9 Å².